The van der Waals surface area contributed by atoms with Gasteiger partial charge in [0.15, 0.2) is 0 Å². The van der Waals surface area contributed by atoms with E-state index < -0.39 is 24.4 Å². The minimum atomic E-state index is -1.04. The van der Waals surface area contributed by atoms with Crippen molar-refractivity contribution in [2.75, 3.05) is 19.8 Å². The van der Waals surface area contributed by atoms with Crippen molar-refractivity contribution in [3.63, 3.8) is 0 Å². The Morgan fingerprint density at radius 1 is 1.60 bits per heavy atom. The number of hydrogen-bond donors (Lipinski definition) is 2. The number of rotatable bonds is 3. The van der Waals surface area contributed by atoms with E-state index >= 15 is 0 Å². The molecule has 1 aliphatic heterocycles. The summed E-state index contributed by atoms with van der Waals surface area (Å²) in [6.07, 6.45) is -1.65. The van der Waals surface area contributed by atoms with Gasteiger partial charge in [0.05, 0.1) is 19.3 Å². The average molecular weight is 313 g/mol. The van der Waals surface area contributed by atoms with Gasteiger partial charge in [0.1, 0.15) is 12.6 Å². The van der Waals surface area contributed by atoms with E-state index in [-0.39, 0.29) is 29.0 Å². The van der Waals surface area contributed by atoms with Crippen LogP contribution in [0, 0.1) is 0 Å². The molecule has 3 N–H and O–H groups in total. The van der Waals surface area contributed by atoms with Gasteiger partial charge in [-0.05, 0) is 6.92 Å². The minimum absolute atomic E-state index is 0. The Balaban J connectivity index is 0.00000196. The number of esters is 1. The number of hydrogen-bond acceptors (Lipinski definition) is 6. The Bertz CT molecular complexity index is 195. The van der Waals surface area contributed by atoms with E-state index in [9.17, 15) is 4.79 Å². The van der Waals surface area contributed by atoms with Gasteiger partial charge >= 0.3 is 5.97 Å². The third-order valence-electron chi connectivity index (χ3n) is 1.82. The van der Waals surface area contributed by atoms with Gasteiger partial charge in [-0.25, -0.2) is 0 Å². The molecular weight excluding hydrogens is 298 g/mol. The zero-order chi connectivity index (χ0) is 10.6. The van der Waals surface area contributed by atoms with Crippen LogP contribution in [0.15, 0.2) is 0 Å². The van der Waals surface area contributed by atoms with Gasteiger partial charge in [-0.3, -0.25) is 4.79 Å². The number of ether oxygens (including phenoxy) is 3. The van der Waals surface area contributed by atoms with Crippen molar-refractivity contribution in [1.82, 2.24) is 0 Å². The van der Waals surface area contributed by atoms with E-state index in [0.717, 1.165) is 0 Å². The summed E-state index contributed by atoms with van der Waals surface area (Å²) in [7, 11) is 0. The fourth-order valence-corrected chi connectivity index (χ4v) is 0.939. The van der Waals surface area contributed by atoms with Gasteiger partial charge in [0.2, 0.25) is 6.29 Å². The van der Waals surface area contributed by atoms with Gasteiger partial charge in [0.25, 0.3) is 0 Å². The molecule has 7 heteroatoms. The first kappa shape index (κ1) is 15.1. The summed E-state index contributed by atoms with van der Waals surface area (Å²) in [5.41, 5.74) is 5.36. The summed E-state index contributed by atoms with van der Waals surface area (Å²) in [4.78, 5) is 11.2. The Hall–Kier alpha value is 0.0503. The maximum absolute atomic E-state index is 11.2. The molecule has 0 bridgehead atoms. The molecule has 3 atom stereocenters. The summed E-state index contributed by atoms with van der Waals surface area (Å²) < 4.78 is 14.9. The second-order valence-corrected chi connectivity index (χ2v) is 3.08. The zero-order valence-corrected chi connectivity index (χ0v) is 9.79. The van der Waals surface area contributed by atoms with E-state index in [4.69, 9.17) is 25.1 Å². The van der Waals surface area contributed by atoms with Crippen molar-refractivity contribution in [3.05, 3.63) is 0 Å². The third kappa shape index (κ3) is 5.08. The van der Waals surface area contributed by atoms with Gasteiger partial charge in [-0.1, -0.05) is 0 Å². The van der Waals surface area contributed by atoms with Crippen LogP contribution in [0.25, 0.3) is 0 Å². The molecule has 1 saturated heterocycles. The second kappa shape index (κ2) is 7.34. The third-order valence-corrected chi connectivity index (χ3v) is 1.82. The maximum Gasteiger partial charge on any atom is 0.327 e. The van der Waals surface area contributed by atoms with Gasteiger partial charge in [-0.15, -0.1) is 0 Å². The summed E-state index contributed by atoms with van der Waals surface area (Å²) in [6, 6.07) is -1.04. The van der Waals surface area contributed by atoms with Crippen LogP contribution < -0.4 is 5.73 Å². The van der Waals surface area contributed by atoms with Crippen molar-refractivity contribution in [2.24, 2.45) is 5.73 Å². The molecule has 6 nitrogen and oxygen atoms in total. The van der Waals surface area contributed by atoms with Crippen LogP contribution in [0.1, 0.15) is 6.92 Å². The monoisotopic (exact) mass is 312 g/mol. The summed E-state index contributed by atoms with van der Waals surface area (Å²) in [5.74, 6) is -0.685. The van der Waals surface area contributed by atoms with Crippen molar-refractivity contribution < 1.29 is 46.5 Å². The van der Waals surface area contributed by atoms with Crippen LogP contribution in [-0.2, 0) is 41.4 Å². The largest absolute Gasteiger partial charge is 0.432 e. The molecule has 0 amide bonds. The first-order valence-electron chi connectivity index (χ1n) is 4.44. The average Bonchev–Trinajstić information content (AvgIpc) is 2.18. The molecule has 0 aromatic rings. The molecule has 1 aliphatic rings. The summed E-state index contributed by atoms with van der Waals surface area (Å²) >= 11 is 0. The molecular formula is C8H15AgNO5. The smallest absolute Gasteiger partial charge is 0.327 e. The van der Waals surface area contributed by atoms with Crippen molar-refractivity contribution in [1.29, 1.82) is 0 Å². The van der Waals surface area contributed by atoms with Gasteiger partial charge in [-0.2, -0.15) is 0 Å². The van der Waals surface area contributed by atoms with E-state index in [1.54, 1.807) is 0 Å². The minimum Gasteiger partial charge on any atom is -0.432 e. The first-order chi connectivity index (χ1) is 6.61. The summed E-state index contributed by atoms with van der Waals surface area (Å²) in [6.45, 7) is 2.51. The number of nitrogens with two attached hydrogens (primary N) is 1. The summed E-state index contributed by atoms with van der Waals surface area (Å²) in [5, 5.41) is 9.02. The fraction of sp³-hybridized carbons (Fsp3) is 0.875. The van der Waals surface area contributed by atoms with E-state index in [1.165, 1.54) is 6.92 Å². The molecule has 1 radical (unpaired) electrons. The molecule has 1 fully saturated rings. The second-order valence-electron chi connectivity index (χ2n) is 3.08. The molecule has 93 valence electrons. The Labute approximate surface area is 104 Å². The molecule has 0 spiro atoms. The number of carbonyl (C=O) groups is 1. The Kier molecular flexibility index (Phi) is 7.37. The Morgan fingerprint density at radius 3 is 2.73 bits per heavy atom. The molecule has 1 heterocycles. The predicted molar refractivity (Wildman–Crippen MR) is 46.3 cm³/mol. The van der Waals surface area contributed by atoms with Crippen molar-refractivity contribution in [3.8, 4) is 0 Å². The van der Waals surface area contributed by atoms with Crippen LogP contribution in [0.5, 0.6) is 0 Å². The molecule has 0 aromatic carbocycles. The molecule has 1 unspecified atom stereocenters. The first-order valence-corrected chi connectivity index (χ1v) is 4.44. The van der Waals surface area contributed by atoms with E-state index in [0.29, 0.717) is 13.2 Å². The van der Waals surface area contributed by atoms with Crippen LogP contribution in [-0.4, -0.2) is 49.3 Å². The van der Waals surface area contributed by atoms with Gasteiger partial charge < -0.3 is 25.1 Å². The molecule has 0 saturated carbocycles. The molecule has 0 aromatic heterocycles. The number of aliphatic hydroxyl groups excluding tert-OH is 1. The van der Waals surface area contributed by atoms with Crippen molar-refractivity contribution >= 4 is 5.97 Å². The predicted octanol–water partition coefficient (Wildman–Crippen LogP) is -1.39. The SMILES string of the molecule is C[C@@H](O)[C@H](N)C(=O)OC1COCCO1.[Ag]. The van der Waals surface area contributed by atoms with Crippen LogP contribution in [0.3, 0.4) is 0 Å². The zero-order valence-electron chi connectivity index (χ0n) is 8.31. The number of aliphatic hydroxyl groups is 1. The number of carbonyl (C=O) groups excluding carboxylic acids is 1. The van der Waals surface area contributed by atoms with Crippen LogP contribution in [0.2, 0.25) is 0 Å². The molecule has 15 heavy (non-hydrogen) atoms. The molecule has 0 aliphatic carbocycles. The van der Waals surface area contributed by atoms with Crippen LogP contribution in [0.4, 0.5) is 0 Å². The topological polar surface area (TPSA) is 91.0 Å². The van der Waals surface area contributed by atoms with Crippen LogP contribution >= 0.6 is 0 Å². The van der Waals surface area contributed by atoms with Crippen molar-refractivity contribution in [2.45, 2.75) is 25.4 Å². The van der Waals surface area contributed by atoms with E-state index in [2.05, 4.69) is 0 Å². The van der Waals surface area contributed by atoms with E-state index in [1.807, 2.05) is 0 Å². The quantitative estimate of drug-likeness (QED) is 0.492. The fourth-order valence-electron chi connectivity index (χ4n) is 0.939. The standard InChI is InChI=1S/C8H15NO5.Ag/c1-5(10)7(9)8(11)14-6-4-12-2-3-13-6;/h5-7,10H,2-4,9H2,1H3;/t5-,6?,7+;/m1./s1. The normalized spacial score (nSPS) is 24.9. The van der Waals surface area contributed by atoms with Gasteiger partial charge in [0, 0.05) is 22.4 Å². The maximum atomic E-state index is 11.2. The Morgan fingerprint density at radius 2 is 2.27 bits per heavy atom. The molecule has 1 rings (SSSR count).